The van der Waals surface area contributed by atoms with Crippen molar-refractivity contribution in [2.45, 2.75) is 18.4 Å². The Labute approximate surface area is 101 Å². The number of hydrogen-bond acceptors (Lipinski definition) is 4. The lowest BCUT2D eigenvalue weighted by Gasteiger charge is -2.20. The Balaban J connectivity index is 2.49. The van der Waals surface area contributed by atoms with Crippen molar-refractivity contribution in [1.29, 1.82) is 0 Å². The van der Waals surface area contributed by atoms with Crippen LogP contribution in [0.25, 0.3) is 0 Å². The van der Waals surface area contributed by atoms with Crippen LogP contribution in [0, 0.1) is 0 Å². The van der Waals surface area contributed by atoms with Gasteiger partial charge in [0.05, 0.1) is 5.56 Å². The molecule has 1 aromatic rings. The Kier molecular flexibility index (Phi) is 4.69. The van der Waals surface area contributed by atoms with Crippen molar-refractivity contribution in [2.75, 3.05) is 6.61 Å². The summed E-state index contributed by atoms with van der Waals surface area (Å²) in [5.74, 6) is -0.871. The van der Waals surface area contributed by atoms with Crippen LogP contribution in [0.1, 0.15) is 10.4 Å². The number of ether oxygens (including phenoxy) is 1. The Morgan fingerprint density at radius 2 is 1.78 bits per heavy atom. The van der Waals surface area contributed by atoms with E-state index in [0.29, 0.717) is 0 Å². The summed E-state index contributed by atoms with van der Waals surface area (Å²) >= 11 is 0. The highest BCUT2D eigenvalue weighted by Gasteiger charge is 2.43. The molecule has 0 aliphatic rings. The summed E-state index contributed by atoms with van der Waals surface area (Å²) in [6.45, 7) is -0.936. The first kappa shape index (κ1) is 14.5. The molecule has 2 N–H and O–H groups in total. The van der Waals surface area contributed by atoms with Crippen LogP contribution < -0.4 is 0 Å². The highest BCUT2D eigenvalue weighted by Crippen LogP contribution is 2.22. The Morgan fingerprint density at radius 3 is 2.28 bits per heavy atom. The molecule has 0 amide bonds. The maximum atomic E-state index is 12.0. The SMILES string of the molecule is O=C(OC[C@@H](O)[C@H](O)C(F)(F)F)c1ccccc1. The van der Waals surface area contributed by atoms with Crippen molar-refractivity contribution < 1.29 is 32.9 Å². The molecule has 7 heteroatoms. The fourth-order valence-electron chi connectivity index (χ4n) is 1.13. The van der Waals surface area contributed by atoms with Gasteiger partial charge in [-0.3, -0.25) is 0 Å². The maximum Gasteiger partial charge on any atom is 0.417 e. The Bertz CT molecular complexity index is 391. The molecule has 1 rings (SSSR count). The number of alkyl halides is 3. The summed E-state index contributed by atoms with van der Waals surface area (Å²) in [6, 6.07) is 7.58. The minimum absolute atomic E-state index is 0.145. The van der Waals surface area contributed by atoms with Crippen molar-refractivity contribution in [3.63, 3.8) is 0 Å². The minimum Gasteiger partial charge on any atom is -0.459 e. The van der Waals surface area contributed by atoms with Crippen LogP contribution in [0.2, 0.25) is 0 Å². The van der Waals surface area contributed by atoms with Crippen molar-refractivity contribution in [1.82, 2.24) is 0 Å². The second kappa shape index (κ2) is 5.83. The van der Waals surface area contributed by atoms with Gasteiger partial charge in [-0.25, -0.2) is 4.79 Å². The number of carbonyl (C=O) groups excluding carboxylic acids is 1. The lowest BCUT2D eigenvalue weighted by molar-refractivity contribution is -0.233. The van der Waals surface area contributed by atoms with E-state index >= 15 is 0 Å². The third kappa shape index (κ3) is 4.01. The molecule has 2 atom stereocenters. The van der Waals surface area contributed by atoms with E-state index in [2.05, 4.69) is 4.74 Å². The number of esters is 1. The molecule has 0 aromatic heterocycles. The summed E-state index contributed by atoms with van der Waals surface area (Å²) < 4.78 is 40.4. The van der Waals surface area contributed by atoms with Crippen LogP contribution in [-0.2, 0) is 4.74 Å². The molecule has 0 heterocycles. The molecule has 0 saturated carbocycles. The van der Waals surface area contributed by atoms with Gasteiger partial charge in [0, 0.05) is 0 Å². The van der Waals surface area contributed by atoms with Gasteiger partial charge in [-0.1, -0.05) is 18.2 Å². The molecular formula is C11H11F3O4. The normalized spacial score (nSPS) is 14.9. The molecule has 100 valence electrons. The molecular weight excluding hydrogens is 253 g/mol. The number of aliphatic hydroxyl groups is 2. The van der Waals surface area contributed by atoms with Gasteiger partial charge in [-0.05, 0) is 12.1 Å². The number of hydrogen-bond donors (Lipinski definition) is 2. The van der Waals surface area contributed by atoms with E-state index in [1.807, 2.05) is 0 Å². The fourth-order valence-corrected chi connectivity index (χ4v) is 1.13. The molecule has 0 fully saturated rings. The Hall–Kier alpha value is -1.60. The molecule has 0 aliphatic heterocycles. The van der Waals surface area contributed by atoms with Crippen LogP contribution in [0.5, 0.6) is 0 Å². The van der Waals surface area contributed by atoms with Crippen molar-refractivity contribution >= 4 is 5.97 Å². The lowest BCUT2D eigenvalue weighted by Crippen LogP contribution is -2.42. The highest BCUT2D eigenvalue weighted by molar-refractivity contribution is 5.89. The summed E-state index contributed by atoms with van der Waals surface area (Å²) in [5, 5.41) is 17.7. The zero-order chi connectivity index (χ0) is 13.8. The number of aliphatic hydroxyl groups excluding tert-OH is 2. The topological polar surface area (TPSA) is 66.8 Å². The molecule has 0 radical (unpaired) electrons. The van der Waals surface area contributed by atoms with E-state index < -0.39 is 31.0 Å². The van der Waals surface area contributed by atoms with Gasteiger partial charge >= 0.3 is 12.1 Å². The molecule has 4 nitrogen and oxygen atoms in total. The molecule has 0 aliphatic carbocycles. The van der Waals surface area contributed by atoms with E-state index in [4.69, 9.17) is 10.2 Å². The van der Waals surface area contributed by atoms with Gasteiger partial charge in [0.1, 0.15) is 12.7 Å². The lowest BCUT2D eigenvalue weighted by atomic mass is 10.2. The van der Waals surface area contributed by atoms with Gasteiger partial charge < -0.3 is 14.9 Å². The third-order valence-electron chi connectivity index (χ3n) is 2.09. The summed E-state index contributed by atoms with van der Waals surface area (Å²) in [6.07, 6.45) is -10.1. The van der Waals surface area contributed by atoms with E-state index in [-0.39, 0.29) is 5.56 Å². The first-order valence-electron chi connectivity index (χ1n) is 4.97. The summed E-state index contributed by atoms with van der Waals surface area (Å²) in [4.78, 5) is 11.3. The van der Waals surface area contributed by atoms with Crippen molar-refractivity contribution in [2.24, 2.45) is 0 Å². The van der Waals surface area contributed by atoms with Gasteiger partial charge in [0.25, 0.3) is 0 Å². The van der Waals surface area contributed by atoms with Gasteiger partial charge in [0.2, 0.25) is 0 Å². The van der Waals surface area contributed by atoms with Gasteiger partial charge in [-0.15, -0.1) is 0 Å². The molecule has 18 heavy (non-hydrogen) atoms. The van der Waals surface area contributed by atoms with Crippen LogP contribution in [-0.4, -0.2) is 41.2 Å². The monoisotopic (exact) mass is 264 g/mol. The van der Waals surface area contributed by atoms with Crippen LogP contribution >= 0.6 is 0 Å². The van der Waals surface area contributed by atoms with E-state index in [9.17, 15) is 18.0 Å². The Morgan fingerprint density at radius 1 is 1.22 bits per heavy atom. The molecule has 1 aromatic carbocycles. The number of halogens is 3. The van der Waals surface area contributed by atoms with Crippen LogP contribution in [0.15, 0.2) is 30.3 Å². The largest absolute Gasteiger partial charge is 0.459 e. The quantitative estimate of drug-likeness (QED) is 0.800. The second-order valence-corrected chi connectivity index (χ2v) is 3.52. The number of benzene rings is 1. The van der Waals surface area contributed by atoms with Gasteiger partial charge in [-0.2, -0.15) is 13.2 Å². The fraction of sp³-hybridized carbons (Fsp3) is 0.364. The predicted octanol–water partition coefficient (Wildman–Crippen LogP) is 1.13. The summed E-state index contributed by atoms with van der Waals surface area (Å²) in [5.41, 5.74) is 0.145. The smallest absolute Gasteiger partial charge is 0.417 e. The van der Waals surface area contributed by atoms with E-state index in [1.54, 1.807) is 18.2 Å². The maximum absolute atomic E-state index is 12.0. The third-order valence-corrected chi connectivity index (χ3v) is 2.09. The second-order valence-electron chi connectivity index (χ2n) is 3.52. The summed E-state index contributed by atoms with van der Waals surface area (Å²) in [7, 11) is 0. The minimum atomic E-state index is -4.96. The zero-order valence-electron chi connectivity index (χ0n) is 9.09. The molecule has 0 spiro atoms. The molecule has 0 unspecified atom stereocenters. The standard InChI is InChI=1S/C11H11F3O4/c12-11(13,14)9(16)8(15)6-18-10(17)7-4-2-1-3-5-7/h1-5,8-9,15-16H,6H2/t8-,9+/m1/s1. The van der Waals surface area contributed by atoms with Crippen molar-refractivity contribution in [3.8, 4) is 0 Å². The van der Waals surface area contributed by atoms with Crippen molar-refractivity contribution in [3.05, 3.63) is 35.9 Å². The zero-order valence-corrected chi connectivity index (χ0v) is 9.09. The first-order chi connectivity index (χ1) is 8.32. The van der Waals surface area contributed by atoms with Crippen LogP contribution in [0.3, 0.4) is 0 Å². The van der Waals surface area contributed by atoms with E-state index in [1.165, 1.54) is 12.1 Å². The first-order valence-corrected chi connectivity index (χ1v) is 4.97. The van der Waals surface area contributed by atoms with E-state index in [0.717, 1.165) is 0 Å². The average molecular weight is 264 g/mol. The average Bonchev–Trinajstić information content (AvgIpc) is 2.34. The number of rotatable bonds is 4. The van der Waals surface area contributed by atoms with Crippen LogP contribution in [0.4, 0.5) is 13.2 Å². The predicted molar refractivity (Wildman–Crippen MR) is 54.8 cm³/mol. The highest BCUT2D eigenvalue weighted by atomic mass is 19.4. The molecule has 0 bridgehead atoms. The number of carbonyl (C=O) groups is 1. The van der Waals surface area contributed by atoms with Gasteiger partial charge in [0.15, 0.2) is 6.10 Å². The molecule has 0 saturated heterocycles.